The van der Waals surface area contributed by atoms with Crippen LogP contribution >= 0.6 is 11.6 Å². The molecular formula is C11H15ClFN. The lowest BCUT2D eigenvalue weighted by molar-refractivity contribution is 0.554. The van der Waals surface area contributed by atoms with Gasteiger partial charge in [-0.2, -0.15) is 0 Å². The maximum absolute atomic E-state index is 13.7. The van der Waals surface area contributed by atoms with Crippen LogP contribution < -0.4 is 5.73 Å². The van der Waals surface area contributed by atoms with Crippen molar-refractivity contribution in [2.75, 3.05) is 0 Å². The first-order valence-electron chi connectivity index (χ1n) is 4.78. The third-order valence-corrected chi connectivity index (χ3v) is 2.62. The van der Waals surface area contributed by atoms with E-state index in [2.05, 4.69) is 0 Å². The lowest BCUT2D eigenvalue weighted by atomic mass is 10.0. The molecule has 1 aromatic carbocycles. The second-order valence-corrected chi connectivity index (χ2v) is 3.89. The van der Waals surface area contributed by atoms with Crippen molar-refractivity contribution in [3.8, 4) is 0 Å². The molecule has 0 saturated carbocycles. The molecule has 0 unspecified atom stereocenters. The van der Waals surface area contributed by atoms with Gasteiger partial charge in [0, 0.05) is 16.6 Å². The Morgan fingerprint density at radius 3 is 2.71 bits per heavy atom. The van der Waals surface area contributed by atoms with E-state index in [0.29, 0.717) is 16.1 Å². The van der Waals surface area contributed by atoms with E-state index in [1.807, 2.05) is 6.92 Å². The summed E-state index contributed by atoms with van der Waals surface area (Å²) in [7, 11) is 0. The fourth-order valence-corrected chi connectivity index (χ4v) is 1.76. The van der Waals surface area contributed by atoms with Crippen molar-refractivity contribution in [3.63, 3.8) is 0 Å². The summed E-state index contributed by atoms with van der Waals surface area (Å²) in [4.78, 5) is 0. The maximum Gasteiger partial charge on any atom is 0.132 e. The molecule has 0 radical (unpaired) electrons. The highest BCUT2D eigenvalue weighted by Crippen LogP contribution is 2.28. The van der Waals surface area contributed by atoms with Gasteiger partial charge < -0.3 is 5.73 Å². The van der Waals surface area contributed by atoms with Gasteiger partial charge >= 0.3 is 0 Å². The Morgan fingerprint density at radius 2 is 2.14 bits per heavy atom. The van der Waals surface area contributed by atoms with Crippen LogP contribution in [0.3, 0.4) is 0 Å². The van der Waals surface area contributed by atoms with Crippen LogP contribution in [-0.2, 0) is 0 Å². The Hall–Kier alpha value is -0.600. The second-order valence-electron chi connectivity index (χ2n) is 3.49. The van der Waals surface area contributed by atoms with Crippen molar-refractivity contribution in [2.24, 2.45) is 5.73 Å². The Kier molecular flexibility index (Phi) is 3.90. The van der Waals surface area contributed by atoms with E-state index in [1.165, 1.54) is 0 Å². The molecule has 2 N–H and O–H groups in total. The fraction of sp³-hybridized carbons (Fsp3) is 0.455. The van der Waals surface area contributed by atoms with Gasteiger partial charge in [-0.05, 0) is 25.0 Å². The summed E-state index contributed by atoms with van der Waals surface area (Å²) in [5, 5.41) is 0.425. The molecule has 0 spiro atoms. The lowest BCUT2D eigenvalue weighted by Crippen LogP contribution is -2.13. The normalized spacial score (nSPS) is 12.9. The summed E-state index contributed by atoms with van der Waals surface area (Å²) in [6, 6.07) is 3.07. The smallest absolute Gasteiger partial charge is 0.132 e. The number of rotatable bonds is 3. The van der Waals surface area contributed by atoms with Gasteiger partial charge in [-0.1, -0.05) is 31.0 Å². The Balaban J connectivity index is 3.11. The minimum absolute atomic E-state index is 0.265. The molecule has 14 heavy (non-hydrogen) atoms. The van der Waals surface area contributed by atoms with E-state index >= 15 is 0 Å². The van der Waals surface area contributed by atoms with Crippen molar-refractivity contribution < 1.29 is 4.39 Å². The van der Waals surface area contributed by atoms with E-state index < -0.39 is 0 Å². The third-order valence-electron chi connectivity index (χ3n) is 2.29. The van der Waals surface area contributed by atoms with Crippen LogP contribution in [0.4, 0.5) is 4.39 Å². The molecule has 0 heterocycles. The highest BCUT2D eigenvalue weighted by molar-refractivity contribution is 6.31. The first-order valence-corrected chi connectivity index (χ1v) is 5.15. The molecule has 1 atom stereocenters. The van der Waals surface area contributed by atoms with E-state index in [9.17, 15) is 4.39 Å². The average molecular weight is 216 g/mol. The van der Waals surface area contributed by atoms with E-state index in [-0.39, 0.29) is 11.9 Å². The lowest BCUT2D eigenvalue weighted by Gasteiger charge is -2.14. The molecule has 0 aromatic heterocycles. The average Bonchev–Trinajstić information content (AvgIpc) is 2.13. The number of hydrogen-bond donors (Lipinski definition) is 1. The molecule has 1 aromatic rings. The molecule has 0 saturated heterocycles. The SMILES string of the molecule is CCC[C@H](N)c1c(Cl)ccc(C)c1F. The van der Waals surface area contributed by atoms with Crippen LogP contribution in [0.2, 0.25) is 5.02 Å². The zero-order valence-corrected chi connectivity index (χ0v) is 9.24. The van der Waals surface area contributed by atoms with Crippen LogP contribution in [0.5, 0.6) is 0 Å². The van der Waals surface area contributed by atoms with Gasteiger partial charge in [0.2, 0.25) is 0 Å². The minimum Gasteiger partial charge on any atom is -0.324 e. The van der Waals surface area contributed by atoms with Gasteiger partial charge in [0.1, 0.15) is 5.82 Å². The summed E-state index contributed by atoms with van der Waals surface area (Å²) >= 11 is 5.91. The van der Waals surface area contributed by atoms with Crippen molar-refractivity contribution in [1.29, 1.82) is 0 Å². The summed E-state index contributed by atoms with van der Waals surface area (Å²) in [6.07, 6.45) is 1.67. The zero-order valence-electron chi connectivity index (χ0n) is 8.48. The largest absolute Gasteiger partial charge is 0.324 e. The quantitative estimate of drug-likeness (QED) is 0.820. The highest BCUT2D eigenvalue weighted by Gasteiger charge is 2.16. The monoisotopic (exact) mass is 215 g/mol. The summed E-state index contributed by atoms with van der Waals surface area (Å²) < 4.78 is 13.7. The Labute approximate surface area is 89.1 Å². The summed E-state index contributed by atoms with van der Waals surface area (Å²) in [6.45, 7) is 3.73. The van der Waals surface area contributed by atoms with Crippen molar-refractivity contribution in [1.82, 2.24) is 0 Å². The number of halogens is 2. The summed E-state index contributed by atoms with van der Waals surface area (Å²) in [5.41, 5.74) is 6.90. The van der Waals surface area contributed by atoms with Crippen molar-refractivity contribution in [3.05, 3.63) is 34.1 Å². The molecule has 0 bridgehead atoms. The van der Waals surface area contributed by atoms with Crippen molar-refractivity contribution >= 4 is 11.6 Å². The number of aryl methyl sites for hydroxylation is 1. The van der Waals surface area contributed by atoms with E-state index in [1.54, 1.807) is 19.1 Å². The summed E-state index contributed by atoms with van der Waals surface area (Å²) in [5.74, 6) is -0.265. The second kappa shape index (κ2) is 4.76. The predicted octanol–water partition coefficient (Wildman–Crippen LogP) is 3.59. The molecule has 0 fully saturated rings. The molecule has 78 valence electrons. The first-order chi connectivity index (χ1) is 6.57. The van der Waals surface area contributed by atoms with Gasteiger partial charge in [-0.25, -0.2) is 4.39 Å². The number of nitrogens with two attached hydrogens (primary N) is 1. The van der Waals surface area contributed by atoms with Crippen LogP contribution in [0.1, 0.15) is 36.9 Å². The molecule has 0 aliphatic heterocycles. The molecule has 0 aliphatic carbocycles. The van der Waals surface area contributed by atoms with E-state index in [0.717, 1.165) is 12.8 Å². The van der Waals surface area contributed by atoms with Crippen LogP contribution in [0.25, 0.3) is 0 Å². The molecule has 0 aliphatic rings. The topological polar surface area (TPSA) is 26.0 Å². The van der Waals surface area contributed by atoms with Crippen LogP contribution in [0.15, 0.2) is 12.1 Å². The molecule has 1 nitrogen and oxygen atoms in total. The van der Waals surface area contributed by atoms with Gasteiger partial charge in [0.15, 0.2) is 0 Å². The van der Waals surface area contributed by atoms with Crippen LogP contribution in [0, 0.1) is 12.7 Å². The molecule has 1 rings (SSSR count). The maximum atomic E-state index is 13.7. The molecule has 0 amide bonds. The Bertz CT molecular complexity index is 325. The molecular weight excluding hydrogens is 201 g/mol. The number of hydrogen-bond acceptors (Lipinski definition) is 1. The minimum atomic E-state index is -0.299. The highest BCUT2D eigenvalue weighted by atomic mass is 35.5. The van der Waals surface area contributed by atoms with Gasteiger partial charge in [0.05, 0.1) is 0 Å². The predicted molar refractivity (Wildman–Crippen MR) is 58.0 cm³/mol. The number of benzene rings is 1. The van der Waals surface area contributed by atoms with E-state index in [4.69, 9.17) is 17.3 Å². The van der Waals surface area contributed by atoms with Gasteiger partial charge in [-0.3, -0.25) is 0 Å². The Morgan fingerprint density at radius 1 is 1.50 bits per heavy atom. The zero-order chi connectivity index (χ0) is 10.7. The van der Waals surface area contributed by atoms with Gasteiger partial charge in [-0.15, -0.1) is 0 Å². The first kappa shape index (κ1) is 11.5. The third kappa shape index (κ3) is 2.25. The standard InChI is InChI=1S/C11H15ClFN/c1-3-4-9(14)10-8(12)6-5-7(2)11(10)13/h5-6,9H,3-4,14H2,1-2H3/t9-/m0/s1. The fourth-order valence-electron chi connectivity index (χ4n) is 1.47. The molecule has 3 heteroatoms. The van der Waals surface area contributed by atoms with Crippen LogP contribution in [-0.4, -0.2) is 0 Å². The van der Waals surface area contributed by atoms with Gasteiger partial charge in [0.25, 0.3) is 0 Å². The van der Waals surface area contributed by atoms with Crippen molar-refractivity contribution in [2.45, 2.75) is 32.7 Å².